The normalized spacial score (nSPS) is 17.9. The standard InChI is InChI=1S/C26H31FN2O2/c1-5-7-8-22-17-20-18-23(31-16-15-28(3)4)13-14-24(20)26(29(22)25(30)6-2)19-9-11-21(27)12-10-19/h2,9-14,18,22,26H,5,7-8,15-17H2,1,3-4H3/t22-,26-/m0/s1. The van der Waals surface area contributed by atoms with Gasteiger partial charge in [-0.3, -0.25) is 4.79 Å². The maximum absolute atomic E-state index is 13.6. The Bertz CT molecular complexity index is 933. The molecule has 2 aromatic rings. The van der Waals surface area contributed by atoms with E-state index < -0.39 is 0 Å². The van der Waals surface area contributed by atoms with Crippen LogP contribution in [0.15, 0.2) is 42.5 Å². The average Bonchev–Trinajstić information content (AvgIpc) is 2.76. The number of rotatable bonds is 8. The van der Waals surface area contributed by atoms with Crippen LogP contribution < -0.4 is 4.74 Å². The van der Waals surface area contributed by atoms with E-state index in [2.05, 4.69) is 23.8 Å². The van der Waals surface area contributed by atoms with Crippen molar-refractivity contribution in [1.29, 1.82) is 0 Å². The van der Waals surface area contributed by atoms with Gasteiger partial charge in [0.25, 0.3) is 5.91 Å². The molecule has 0 bridgehead atoms. The third-order valence-corrected chi connectivity index (χ3v) is 5.78. The predicted molar refractivity (Wildman–Crippen MR) is 121 cm³/mol. The van der Waals surface area contributed by atoms with Gasteiger partial charge in [-0.1, -0.05) is 38.0 Å². The van der Waals surface area contributed by atoms with Crippen molar-refractivity contribution in [2.45, 2.75) is 44.7 Å². The van der Waals surface area contributed by atoms with Crippen molar-refractivity contribution >= 4 is 5.91 Å². The van der Waals surface area contributed by atoms with Crippen LogP contribution >= 0.6 is 0 Å². The van der Waals surface area contributed by atoms with Gasteiger partial charge in [-0.15, -0.1) is 6.42 Å². The molecular weight excluding hydrogens is 391 g/mol. The Morgan fingerprint density at radius 1 is 1.26 bits per heavy atom. The maximum Gasteiger partial charge on any atom is 0.299 e. The zero-order chi connectivity index (χ0) is 22.4. The molecule has 0 saturated heterocycles. The van der Waals surface area contributed by atoms with E-state index in [-0.39, 0.29) is 23.8 Å². The van der Waals surface area contributed by atoms with Gasteiger partial charge in [0, 0.05) is 12.6 Å². The van der Waals surface area contributed by atoms with E-state index >= 15 is 0 Å². The lowest BCUT2D eigenvalue weighted by Crippen LogP contribution is -2.47. The molecule has 0 unspecified atom stereocenters. The van der Waals surface area contributed by atoms with Gasteiger partial charge in [0.05, 0.1) is 6.04 Å². The van der Waals surface area contributed by atoms with E-state index in [1.54, 1.807) is 12.1 Å². The predicted octanol–water partition coefficient (Wildman–Crippen LogP) is 4.43. The molecule has 0 spiro atoms. The molecule has 0 aromatic heterocycles. The molecule has 0 N–H and O–H groups in total. The Labute approximate surface area is 185 Å². The summed E-state index contributed by atoms with van der Waals surface area (Å²) in [5, 5.41) is 0. The molecule has 0 radical (unpaired) electrons. The van der Waals surface area contributed by atoms with Gasteiger partial charge < -0.3 is 14.5 Å². The molecule has 0 aliphatic carbocycles. The fourth-order valence-electron chi connectivity index (χ4n) is 4.20. The van der Waals surface area contributed by atoms with Crippen molar-refractivity contribution in [3.05, 3.63) is 65.0 Å². The summed E-state index contributed by atoms with van der Waals surface area (Å²) < 4.78 is 19.6. The molecule has 2 atom stereocenters. The minimum Gasteiger partial charge on any atom is -0.492 e. The van der Waals surface area contributed by atoms with Gasteiger partial charge >= 0.3 is 0 Å². The van der Waals surface area contributed by atoms with Gasteiger partial charge in [-0.25, -0.2) is 4.39 Å². The van der Waals surface area contributed by atoms with Gasteiger partial charge in [0.1, 0.15) is 18.2 Å². The molecule has 1 amide bonds. The SMILES string of the molecule is C#CC(=O)N1[C@@H](CCCC)Cc2cc(OCCN(C)C)ccc2[C@@H]1c1ccc(F)cc1. The van der Waals surface area contributed by atoms with Gasteiger partial charge in [-0.2, -0.15) is 0 Å². The fourth-order valence-corrected chi connectivity index (χ4v) is 4.20. The number of carbonyl (C=O) groups is 1. The number of terminal acetylenes is 1. The Morgan fingerprint density at radius 2 is 2.00 bits per heavy atom. The molecule has 0 saturated carbocycles. The summed E-state index contributed by atoms with van der Waals surface area (Å²) in [6.45, 7) is 3.57. The summed E-state index contributed by atoms with van der Waals surface area (Å²) in [7, 11) is 4.03. The number of nitrogens with zero attached hydrogens (tertiary/aromatic N) is 2. The Kier molecular flexibility index (Phi) is 7.70. The largest absolute Gasteiger partial charge is 0.492 e. The molecule has 3 rings (SSSR count). The highest BCUT2D eigenvalue weighted by molar-refractivity contribution is 5.94. The molecule has 5 heteroatoms. The molecule has 31 heavy (non-hydrogen) atoms. The lowest BCUT2D eigenvalue weighted by molar-refractivity contribution is -0.130. The van der Waals surface area contributed by atoms with E-state index in [0.717, 1.165) is 54.7 Å². The molecule has 164 valence electrons. The number of ether oxygens (including phenoxy) is 1. The summed E-state index contributed by atoms with van der Waals surface area (Å²) in [5.74, 6) is 2.51. The molecule has 0 fully saturated rings. The van der Waals surface area contributed by atoms with Crippen LogP contribution in [0, 0.1) is 18.2 Å². The Morgan fingerprint density at radius 3 is 2.65 bits per heavy atom. The van der Waals surface area contributed by atoms with Crippen LogP contribution in [0.3, 0.4) is 0 Å². The van der Waals surface area contributed by atoms with Crippen LogP contribution in [0.5, 0.6) is 5.75 Å². The fraction of sp³-hybridized carbons (Fsp3) is 0.423. The van der Waals surface area contributed by atoms with Crippen LogP contribution in [0.2, 0.25) is 0 Å². The van der Waals surface area contributed by atoms with Crippen molar-refractivity contribution in [1.82, 2.24) is 9.80 Å². The Hall–Kier alpha value is -2.84. The summed E-state index contributed by atoms with van der Waals surface area (Å²) in [6.07, 6.45) is 9.19. The minimum absolute atomic E-state index is 0.0110. The highest BCUT2D eigenvalue weighted by Crippen LogP contribution is 2.40. The highest BCUT2D eigenvalue weighted by atomic mass is 19.1. The van der Waals surface area contributed by atoms with Gasteiger partial charge in [-0.05, 0) is 73.8 Å². The summed E-state index contributed by atoms with van der Waals surface area (Å²) in [5.41, 5.74) is 3.02. The van der Waals surface area contributed by atoms with Crippen LogP contribution in [-0.2, 0) is 11.2 Å². The van der Waals surface area contributed by atoms with Gasteiger partial charge in [0.15, 0.2) is 0 Å². The van der Waals surface area contributed by atoms with Crippen molar-refractivity contribution in [3.8, 4) is 18.1 Å². The van der Waals surface area contributed by atoms with Crippen LogP contribution in [0.1, 0.15) is 48.9 Å². The molecule has 2 aromatic carbocycles. The van der Waals surface area contributed by atoms with Crippen molar-refractivity contribution in [3.63, 3.8) is 0 Å². The highest BCUT2D eigenvalue weighted by Gasteiger charge is 2.37. The van der Waals surface area contributed by atoms with Crippen LogP contribution in [0.4, 0.5) is 4.39 Å². The first-order chi connectivity index (χ1) is 14.9. The number of hydrogen-bond donors (Lipinski definition) is 0. The summed E-state index contributed by atoms with van der Waals surface area (Å²) >= 11 is 0. The molecule has 1 aliphatic heterocycles. The average molecular weight is 423 g/mol. The number of likely N-dealkylation sites (N-methyl/N-ethyl adjacent to an activating group) is 1. The third-order valence-electron chi connectivity index (χ3n) is 5.78. The first-order valence-electron chi connectivity index (χ1n) is 10.9. The first-order valence-corrected chi connectivity index (χ1v) is 10.9. The van der Waals surface area contributed by atoms with Crippen molar-refractivity contribution in [2.75, 3.05) is 27.2 Å². The zero-order valence-electron chi connectivity index (χ0n) is 18.6. The Balaban J connectivity index is 2.03. The number of amides is 1. The van der Waals surface area contributed by atoms with Crippen LogP contribution in [-0.4, -0.2) is 49.0 Å². The number of fused-ring (bicyclic) bond motifs is 1. The van der Waals surface area contributed by atoms with E-state index in [1.165, 1.54) is 12.1 Å². The number of hydrogen-bond acceptors (Lipinski definition) is 3. The van der Waals surface area contributed by atoms with Crippen molar-refractivity contribution < 1.29 is 13.9 Å². The maximum atomic E-state index is 13.6. The third kappa shape index (κ3) is 5.45. The lowest BCUT2D eigenvalue weighted by atomic mass is 9.83. The monoisotopic (exact) mass is 422 g/mol. The van der Waals surface area contributed by atoms with E-state index in [4.69, 9.17) is 11.2 Å². The quantitative estimate of drug-likeness (QED) is 0.590. The van der Waals surface area contributed by atoms with E-state index in [9.17, 15) is 9.18 Å². The molecular formula is C26H31FN2O2. The van der Waals surface area contributed by atoms with Crippen LogP contribution in [0.25, 0.3) is 0 Å². The summed E-state index contributed by atoms with van der Waals surface area (Å²) in [6, 6.07) is 12.0. The zero-order valence-corrected chi connectivity index (χ0v) is 18.6. The molecule has 1 heterocycles. The number of unbranched alkanes of at least 4 members (excludes halogenated alkanes) is 1. The second kappa shape index (κ2) is 10.5. The van der Waals surface area contributed by atoms with E-state index in [0.29, 0.717) is 6.61 Å². The number of carbonyl (C=O) groups excluding carboxylic acids is 1. The first kappa shape index (κ1) is 22.8. The smallest absolute Gasteiger partial charge is 0.299 e. The van der Waals surface area contributed by atoms with Crippen molar-refractivity contribution in [2.24, 2.45) is 0 Å². The second-order valence-corrected chi connectivity index (χ2v) is 8.32. The molecule has 4 nitrogen and oxygen atoms in total. The molecule has 1 aliphatic rings. The summed E-state index contributed by atoms with van der Waals surface area (Å²) in [4.78, 5) is 16.8. The van der Waals surface area contributed by atoms with Gasteiger partial charge in [0.2, 0.25) is 0 Å². The lowest BCUT2D eigenvalue weighted by Gasteiger charge is -2.43. The minimum atomic E-state index is -0.342. The number of halogens is 1. The van der Waals surface area contributed by atoms with E-state index in [1.807, 2.05) is 31.1 Å². The second-order valence-electron chi connectivity index (χ2n) is 8.32. The number of benzene rings is 2. The topological polar surface area (TPSA) is 32.8 Å².